The van der Waals surface area contributed by atoms with Gasteiger partial charge in [-0.1, -0.05) is 30.3 Å². The molecule has 0 bridgehead atoms. The monoisotopic (exact) mass is 281 g/mol. The third kappa shape index (κ3) is 3.82. The molecule has 0 spiro atoms. The zero-order chi connectivity index (χ0) is 14.3. The van der Waals surface area contributed by atoms with Crippen LogP contribution >= 0.6 is 0 Å². The molecule has 0 N–H and O–H groups in total. The van der Waals surface area contributed by atoms with E-state index in [0.717, 1.165) is 17.1 Å². The largest absolute Gasteiger partial charge is 0.489 e. The summed E-state index contributed by atoms with van der Waals surface area (Å²) in [7, 11) is 0. The Morgan fingerprint density at radius 2 is 1.38 bits per heavy atom. The molecular weight excluding hydrogens is 266 g/mol. The first-order valence-corrected chi connectivity index (χ1v) is 6.64. The molecular formula is C16H15N3O2. The maximum atomic E-state index is 5.71. The minimum atomic E-state index is 0.289. The van der Waals surface area contributed by atoms with Crippen molar-refractivity contribution in [3.8, 4) is 11.5 Å². The average Bonchev–Trinajstić information content (AvgIpc) is 3.06. The van der Waals surface area contributed by atoms with Crippen molar-refractivity contribution >= 4 is 0 Å². The Morgan fingerprint density at radius 3 is 2.05 bits per heavy atom. The van der Waals surface area contributed by atoms with Crippen molar-refractivity contribution in [2.45, 2.75) is 13.3 Å². The molecule has 0 aliphatic rings. The molecule has 5 nitrogen and oxygen atoms in total. The van der Waals surface area contributed by atoms with Gasteiger partial charge in [0.15, 0.2) is 6.73 Å². The maximum Gasteiger partial charge on any atom is 0.199 e. The molecule has 3 rings (SSSR count). The zero-order valence-corrected chi connectivity index (χ0v) is 11.4. The molecule has 0 aliphatic heterocycles. The predicted octanol–water partition coefficient (Wildman–Crippen LogP) is 2.89. The molecule has 0 aliphatic carbocycles. The number of aromatic nitrogens is 3. The second kappa shape index (κ2) is 6.56. The number of rotatable bonds is 6. The fourth-order valence-electron chi connectivity index (χ4n) is 1.82. The summed E-state index contributed by atoms with van der Waals surface area (Å²) in [5.41, 5.74) is 1.14. The topological polar surface area (TPSA) is 49.2 Å². The van der Waals surface area contributed by atoms with E-state index in [1.54, 1.807) is 12.4 Å². The molecule has 0 fully saturated rings. The molecule has 106 valence electrons. The van der Waals surface area contributed by atoms with E-state index in [9.17, 15) is 0 Å². The Labute approximate surface area is 122 Å². The molecule has 0 atom stereocenters. The van der Waals surface area contributed by atoms with Crippen LogP contribution in [0.2, 0.25) is 0 Å². The van der Waals surface area contributed by atoms with Gasteiger partial charge in [-0.05, 0) is 29.8 Å². The summed E-state index contributed by atoms with van der Waals surface area (Å²) >= 11 is 0. The second-order valence-electron chi connectivity index (χ2n) is 4.42. The predicted molar refractivity (Wildman–Crippen MR) is 77.9 cm³/mol. The van der Waals surface area contributed by atoms with Gasteiger partial charge in [-0.25, -0.2) is 0 Å². The van der Waals surface area contributed by atoms with Crippen LogP contribution in [0.5, 0.6) is 11.5 Å². The summed E-state index contributed by atoms with van der Waals surface area (Å²) in [5.74, 6) is 1.56. The molecule has 0 saturated heterocycles. The van der Waals surface area contributed by atoms with Gasteiger partial charge in [0.2, 0.25) is 0 Å². The molecule has 5 heteroatoms. The molecule has 0 amide bonds. The number of nitrogens with zero attached hydrogens (tertiary/aromatic N) is 3. The highest BCUT2D eigenvalue weighted by Crippen LogP contribution is 2.18. The van der Waals surface area contributed by atoms with Gasteiger partial charge in [0.1, 0.15) is 18.1 Å². The van der Waals surface area contributed by atoms with Crippen molar-refractivity contribution in [2.24, 2.45) is 0 Å². The summed E-state index contributed by atoms with van der Waals surface area (Å²) in [5, 5.41) is 7.94. The Morgan fingerprint density at radius 1 is 0.762 bits per heavy atom. The summed E-state index contributed by atoms with van der Waals surface area (Å²) in [6.07, 6.45) is 3.23. The van der Waals surface area contributed by atoms with Gasteiger partial charge in [-0.2, -0.15) is 10.2 Å². The average molecular weight is 281 g/mol. The van der Waals surface area contributed by atoms with E-state index in [1.165, 1.54) is 4.80 Å². The highest BCUT2D eigenvalue weighted by Gasteiger charge is 1.98. The van der Waals surface area contributed by atoms with Crippen LogP contribution in [-0.2, 0) is 13.3 Å². The minimum Gasteiger partial charge on any atom is -0.489 e. The van der Waals surface area contributed by atoms with E-state index < -0.39 is 0 Å². The highest BCUT2D eigenvalue weighted by molar-refractivity contribution is 5.31. The SMILES string of the molecule is c1ccc(COc2ccc(OCn3nccn3)cc2)cc1. The van der Waals surface area contributed by atoms with Crippen LogP contribution in [0.4, 0.5) is 0 Å². The second-order valence-corrected chi connectivity index (χ2v) is 4.42. The molecule has 0 unspecified atom stereocenters. The van der Waals surface area contributed by atoms with Gasteiger partial charge in [-0.3, -0.25) is 0 Å². The van der Waals surface area contributed by atoms with E-state index in [4.69, 9.17) is 9.47 Å². The van der Waals surface area contributed by atoms with E-state index in [0.29, 0.717) is 6.61 Å². The summed E-state index contributed by atoms with van der Waals surface area (Å²) in [6.45, 7) is 0.843. The highest BCUT2D eigenvalue weighted by atomic mass is 16.5. The van der Waals surface area contributed by atoms with Crippen molar-refractivity contribution in [2.75, 3.05) is 0 Å². The summed E-state index contributed by atoms with van der Waals surface area (Å²) < 4.78 is 11.3. The molecule has 1 heterocycles. The van der Waals surface area contributed by atoms with Crippen LogP contribution in [0, 0.1) is 0 Å². The maximum absolute atomic E-state index is 5.71. The first kappa shape index (κ1) is 13.2. The first-order chi connectivity index (χ1) is 10.4. The van der Waals surface area contributed by atoms with Crippen molar-refractivity contribution < 1.29 is 9.47 Å². The standard InChI is InChI=1S/C16H15N3O2/c1-2-4-14(5-3-1)12-20-15-6-8-16(9-7-15)21-13-19-17-10-11-18-19/h1-11H,12-13H2. The van der Waals surface area contributed by atoms with Crippen LogP contribution in [0.15, 0.2) is 67.0 Å². The third-order valence-corrected chi connectivity index (χ3v) is 2.89. The fraction of sp³-hybridized carbons (Fsp3) is 0.125. The van der Waals surface area contributed by atoms with Crippen molar-refractivity contribution in [1.82, 2.24) is 15.0 Å². The smallest absolute Gasteiger partial charge is 0.199 e. The number of ether oxygens (including phenoxy) is 2. The quantitative estimate of drug-likeness (QED) is 0.697. The van der Waals surface area contributed by atoms with Gasteiger partial charge in [0.05, 0.1) is 12.4 Å². The van der Waals surface area contributed by atoms with Gasteiger partial charge >= 0.3 is 0 Å². The molecule has 21 heavy (non-hydrogen) atoms. The van der Waals surface area contributed by atoms with E-state index in [-0.39, 0.29) is 6.73 Å². The Balaban J connectivity index is 1.52. The van der Waals surface area contributed by atoms with Crippen molar-refractivity contribution in [3.63, 3.8) is 0 Å². The van der Waals surface area contributed by atoms with E-state index in [2.05, 4.69) is 10.2 Å². The van der Waals surface area contributed by atoms with Gasteiger partial charge in [-0.15, -0.1) is 4.80 Å². The van der Waals surface area contributed by atoms with Crippen LogP contribution in [0.25, 0.3) is 0 Å². The summed E-state index contributed by atoms with van der Waals surface area (Å²) in [6, 6.07) is 17.6. The number of benzene rings is 2. The van der Waals surface area contributed by atoms with Gasteiger partial charge < -0.3 is 9.47 Å². The molecule has 1 aromatic heterocycles. The lowest BCUT2D eigenvalue weighted by Crippen LogP contribution is -2.08. The lowest BCUT2D eigenvalue weighted by Gasteiger charge is -2.08. The third-order valence-electron chi connectivity index (χ3n) is 2.89. The molecule has 3 aromatic rings. The van der Waals surface area contributed by atoms with Crippen LogP contribution in [-0.4, -0.2) is 15.0 Å². The van der Waals surface area contributed by atoms with Crippen LogP contribution in [0.1, 0.15) is 5.56 Å². The zero-order valence-electron chi connectivity index (χ0n) is 11.4. The molecule has 0 radical (unpaired) electrons. The Bertz CT molecular complexity index is 652. The number of hydrogen-bond acceptors (Lipinski definition) is 4. The Hall–Kier alpha value is -2.82. The fourth-order valence-corrected chi connectivity index (χ4v) is 1.82. The lowest BCUT2D eigenvalue weighted by molar-refractivity contribution is 0.202. The number of hydrogen-bond donors (Lipinski definition) is 0. The van der Waals surface area contributed by atoms with E-state index >= 15 is 0 Å². The van der Waals surface area contributed by atoms with E-state index in [1.807, 2.05) is 54.6 Å². The molecule has 2 aromatic carbocycles. The van der Waals surface area contributed by atoms with Crippen molar-refractivity contribution in [3.05, 3.63) is 72.6 Å². The molecule has 0 saturated carbocycles. The van der Waals surface area contributed by atoms with Crippen LogP contribution < -0.4 is 9.47 Å². The first-order valence-electron chi connectivity index (χ1n) is 6.64. The van der Waals surface area contributed by atoms with Gasteiger partial charge in [0, 0.05) is 0 Å². The normalized spacial score (nSPS) is 10.3. The lowest BCUT2D eigenvalue weighted by atomic mass is 10.2. The Kier molecular flexibility index (Phi) is 4.12. The van der Waals surface area contributed by atoms with Crippen molar-refractivity contribution in [1.29, 1.82) is 0 Å². The summed E-state index contributed by atoms with van der Waals surface area (Å²) in [4.78, 5) is 1.47. The minimum absolute atomic E-state index is 0.289. The van der Waals surface area contributed by atoms with Crippen LogP contribution in [0.3, 0.4) is 0 Å². The van der Waals surface area contributed by atoms with Gasteiger partial charge in [0.25, 0.3) is 0 Å².